The zero-order valence-corrected chi connectivity index (χ0v) is 13.0. The molecule has 6 heteroatoms. The highest BCUT2D eigenvalue weighted by Gasteiger charge is 2.27. The van der Waals surface area contributed by atoms with Crippen LogP contribution >= 0.6 is 11.3 Å². The van der Waals surface area contributed by atoms with E-state index >= 15 is 0 Å². The van der Waals surface area contributed by atoms with Gasteiger partial charge in [0.1, 0.15) is 0 Å². The van der Waals surface area contributed by atoms with Crippen molar-refractivity contribution in [2.24, 2.45) is 7.05 Å². The van der Waals surface area contributed by atoms with Crippen molar-refractivity contribution < 1.29 is 9.53 Å². The third-order valence-electron chi connectivity index (χ3n) is 3.74. The molecule has 112 valence electrons. The molecule has 1 aliphatic heterocycles. The van der Waals surface area contributed by atoms with Gasteiger partial charge in [0.05, 0.1) is 23.9 Å². The van der Waals surface area contributed by atoms with Gasteiger partial charge >= 0.3 is 0 Å². The second kappa shape index (κ2) is 5.99. The van der Waals surface area contributed by atoms with Crippen LogP contribution in [0.25, 0.3) is 0 Å². The minimum Gasteiger partial charge on any atom is -0.381 e. The van der Waals surface area contributed by atoms with E-state index in [2.05, 4.69) is 10.4 Å². The van der Waals surface area contributed by atoms with Gasteiger partial charge in [0.25, 0.3) is 5.91 Å². The lowest BCUT2D eigenvalue weighted by molar-refractivity contribution is 0.0939. The smallest absolute Gasteiger partial charge is 0.255 e. The Hall–Kier alpha value is -1.66. The van der Waals surface area contributed by atoms with E-state index in [0.717, 1.165) is 23.6 Å². The lowest BCUT2D eigenvalue weighted by atomic mass is 10.0. The van der Waals surface area contributed by atoms with E-state index in [1.807, 2.05) is 31.5 Å². The maximum atomic E-state index is 12.5. The number of carbonyl (C=O) groups excluding carboxylic acids is 1. The van der Waals surface area contributed by atoms with Crippen molar-refractivity contribution in [3.05, 3.63) is 39.8 Å². The summed E-state index contributed by atoms with van der Waals surface area (Å²) in [5.74, 6) is 0.162. The molecule has 3 heterocycles. The first kappa shape index (κ1) is 14.3. The number of nitrogens with zero attached hydrogens (tertiary/aromatic N) is 2. The zero-order valence-electron chi connectivity index (χ0n) is 12.2. The molecule has 1 fully saturated rings. The molecule has 3 rings (SSSR count). The Morgan fingerprint density at radius 3 is 3.14 bits per heavy atom. The Morgan fingerprint density at radius 1 is 1.62 bits per heavy atom. The molecule has 1 saturated heterocycles. The minimum atomic E-state index is -0.0640. The molecular weight excluding hydrogens is 286 g/mol. The Kier molecular flexibility index (Phi) is 4.07. The highest BCUT2D eigenvalue weighted by atomic mass is 32.1. The number of hydrogen-bond donors (Lipinski definition) is 1. The first-order chi connectivity index (χ1) is 10.1. The van der Waals surface area contributed by atoms with Gasteiger partial charge in [-0.2, -0.15) is 5.10 Å². The van der Waals surface area contributed by atoms with Crippen LogP contribution in [0.15, 0.2) is 23.7 Å². The third kappa shape index (κ3) is 3.01. The van der Waals surface area contributed by atoms with E-state index in [9.17, 15) is 4.79 Å². The number of rotatable bonds is 4. The Morgan fingerprint density at radius 2 is 2.48 bits per heavy atom. The van der Waals surface area contributed by atoms with Gasteiger partial charge in [-0.15, -0.1) is 11.3 Å². The topological polar surface area (TPSA) is 56.2 Å². The maximum Gasteiger partial charge on any atom is 0.255 e. The molecule has 0 bridgehead atoms. The number of carbonyl (C=O) groups is 1. The first-order valence-corrected chi connectivity index (χ1v) is 7.98. The quantitative estimate of drug-likeness (QED) is 0.944. The van der Waals surface area contributed by atoms with Crippen molar-refractivity contribution in [2.45, 2.75) is 25.3 Å². The van der Waals surface area contributed by atoms with Crippen LogP contribution in [0.2, 0.25) is 0 Å². The van der Waals surface area contributed by atoms with Gasteiger partial charge in [0, 0.05) is 30.6 Å². The summed E-state index contributed by atoms with van der Waals surface area (Å²) in [5, 5.41) is 9.53. The first-order valence-electron chi connectivity index (χ1n) is 7.10. The molecule has 0 spiro atoms. The summed E-state index contributed by atoms with van der Waals surface area (Å²) in [6.07, 6.45) is 2.72. The highest BCUT2D eigenvalue weighted by molar-refractivity contribution is 7.10. The molecule has 0 unspecified atom stereocenters. The fourth-order valence-electron chi connectivity index (χ4n) is 2.62. The van der Waals surface area contributed by atoms with Crippen molar-refractivity contribution in [3.63, 3.8) is 0 Å². The lowest BCUT2D eigenvalue weighted by Crippen LogP contribution is -2.27. The molecule has 2 aromatic heterocycles. The van der Waals surface area contributed by atoms with Crippen molar-refractivity contribution in [1.29, 1.82) is 0 Å². The van der Waals surface area contributed by atoms with E-state index in [-0.39, 0.29) is 17.9 Å². The second-order valence-corrected chi connectivity index (χ2v) is 6.35. The number of hydrogen-bond acceptors (Lipinski definition) is 4. The van der Waals surface area contributed by atoms with Gasteiger partial charge in [-0.05, 0) is 24.8 Å². The Balaban J connectivity index is 1.78. The van der Waals surface area contributed by atoms with Crippen LogP contribution in [0.5, 0.6) is 0 Å². The number of thiophene rings is 1. The van der Waals surface area contributed by atoms with Crippen LogP contribution in [0.1, 0.15) is 46.2 Å². The number of nitrogens with one attached hydrogen (secondary N) is 1. The molecular formula is C15H19N3O2S. The molecule has 0 aliphatic carbocycles. The van der Waals surface area contributed by atoms with Gasteiger partial charge in [0.15, 0.2) is 0 Å². The van der Waals surface area contributed by atoms with Gasteiger partial charge in [0.2, 0.25) is 0 Å². The minimum absolute atomic E-state index is 0.00499. The fourth-order valence-corrected chi connectivity index (χ4v) is 3.35. The van der Waals surface area contributed by atoms with Crippen molar-refractivity contribution in [3.8, 4) is 0 Å². The summed E-state index contributed by atoms with van der Waals surface area (Å²) < 4.78 is 7.12. The maximum absolute atomic E-state index is 12.5. The van der Waals surface area contributed by atoms with Gasteiger partial charge in [-0.25, -0.2) is 0 Å². The number of ether oxygens (including phenoxy) is 1. The molecule has 2 aromatic rings. The number of amides is 1. The summed E-state index contributed by atoms with van der Waals surface area (Å²) in [5.41, 5.74) is 1.52. The summed E-state index contributed by atoms with van der Waals surface area (Å²) >= 11 is 1.65. The van der Waals surface area contributed by atoms with Gasteiger partial charge in [-0.3, -0.25) is 9.48 Å². The SMILES string of the molecule is C[C@H](NC(=O)c1cn(C)nc1[C@H]1CCOC1)c1cccs1. The van der Waals surface area contributed by atoms with Gasteiger partial charge < -0.3 is 10.1 Å². The summed E-state index contributed by atoms with van der Waals surface area (Å²) in [7, 11) is 1.85. The predicted octanol–water partition coefficient (Wildman–Crippen LogP) is 2.48. The average molecular weight is 305 g/mol. The van der Waals surface area contributed by atoms with Gasteiger partial charge in [-0.1, -0.05) is 6.07 Å². The average Bonchev–Trinajstić information content (AvgIpc) is 3.19. The molecule has 0 saturated carbocycles. The molecule has 1 amide bonds. The van der Waals surface area contributed by atoms with Crippen LogP contribution < -0.4 is 5.32 Å². The fraction of sp³-hybridized carbons (Fsp3) is 0.467. The van der Waals surface area contributed by atoms with Crippen molar-refractivity contribution in [1.82, 2.24) is 15.1 Å². The normalized spacial score (nSPS) is 19.6. The number of aryl methyl sites for hydroxylation is 1. The Labute approximate surface area is 127 Å². The molecule has 0 aromatic carbocycles. The van der Waals surface area contributed by atoms with E-state index < -0.39 is 0 Å². The Bertz CT molecular complexity index is 615. The van der Waals surface area contributed by atoms with Crippen LogP contribution in [0, 0.1) is 0 Å². The second-order valence-electron chi connectivity index (χ2n) is 5.37. The molecule has 0 radical (unpaired) electrons. The third-order valence-corrected chi connectivity index (χ3v) is 4.79. The monoisotopic (exact) mass is 305 g/mol. The summed E-state index contributed by atoms with van der Waals surface area (Å²) in [4.78, 5) is 13.7. The molecule has 1 N–H and O–H groups in total. The molecule has 5 nitrogen and oxygen atoms in total. The van der Waals surface area contributed by atoms with Crippen LogP contribution in [-0.4, -0.2) is 28.9 Å². The van der Waals surface area contributed by atoms with Crippen LogP contribution in [0.3, 0.4) is 0 Å². The predicted molar refractivity (Wildman–Crippen MR) is 81.6 cm³/mol. The van der Waals surface area contributed by atoms with E-state index in [4.69, 9.17) is 4.74 Å². The van der Waals surface area contributed by atoms with Crippen molar-refractivity contribution in [2.75, 3.05) is 13.2 Å². The largest absolute Gasteiger partial charge is 0.381 e. The van der Waals surface area contributed by atoms with E-state index in [1.54, 1.807) is 22.2 Å². The molecule has 21 heavy (non-hydrogen) atoms. The lowest BCUT2D eigenvalue weighted by Gasteiger charge is -2.13. The van der Waals surface area contributed by atoms with Crippen LogP contribution in [0.4, 0.5) is 0 Å². The summed E-state index contributed by atoms with van der Waals surface area (Å²) in [6, 6.07) is 4.03. The highest BCUT2D eigenvalue weighted by Crippen LogP contribution is 2.27. The molecule has 1 aliphatic rings. The van der Waals surface area contributed by atoms with Crippen LogP contribution in [-0.2, 0) is 11.8 Å². The molecule has 2 atom stereocenters. The summed E-state index contributed by atoms with van der Waals surface area (Å²) in [6.45, 7) is 3.39. The van der Waals surface area contributed by atoms with E-state index in [0.29, 0.717) is 12.2 Å². The number of aromatic nitrogens is 2. The standard InChI is InChI=1S/C15H19N3O2S/c1-10(13-4-3-7-21-13)16-15(19)12-8-18(2)17-14(12)11-5-6-20-9-11/h3-4,7-8,10-11H,5-6,9H2,1-2H3,(H,16,19)/t10-,11-/m0/s1. The van der Waals surface area contributed by atoms with E-state index in [1.165, 1.54) is 0 Å². The van der Waals surface area contributed by atoms with Crippen molar-refractivity contribution >= 4 is 17.2 Å². The zero-order chi connectivity index (χ0) is 14.8.